The zero-order valence-electron chi connectivity index (χ0n) is 17.6. The molecule has 1 aliphatic carbocycles. The lowest BCUT2D eigenvalue weighted by atomic mass is 10.0. The maximum atomic E-state index is 11.7. The van der Waals surface area contributed by atoms with E-state index in [0.29, 0.717) is 24.2 Å². The van der Waals surface area contributed by atoms with Gasteiger partial charge in [0.2, 0.25) is 0 Å². The van der Waals surface area contributed by atoms with Gasteiger partial charge < -0.3 is 15.1 Å². The number of hydrogen-bond donors (Lipinski definition) is 2. The number of benzene rings is 2. The Morgan fingerprint density at radius 1 is 1.12 bits per heavy atom. The van der Waals surface area contributed by atoms with E-state index in [1.807, 2.05) is 66.3 Å². The molecule has 0 saturated carbocycles. The molecule has 0 spiro atoms. The van der Waals surface area contributed by atoms with Crippen molar-refractivity contribution in [3.8, 4) is 0 Å². The Kier molecular flexibility index (Phi) is 4.95. The summed E-state index contributed by atoms with van der Waals surface area (Å²) in [5.41, 5.74) is 6.28. The quantitative estimate of drug-likeness (QED) is 0.485. The van der Waals surface area contributed by atoms with Crippen LogP contribution < -0.4 is 4.90 Å². The highest BCUT2D eigenvalue weighted by Gasteiger charge is 2.26. The number of carbonyl (C=O) groups is 1. The first-order chi connectivity index (χ1) is 15.6. The van der Waals surface area contributed by atoms with E-state index in [2.05, 4.69) is 9.88 Å². The van der Waals surface area contributed by atoms with Crippen molar-refractivity contribution in [3.05, 3.63) is 83.3 Å². The lowest BCUT2D eigenvalue weighted by Gasteiger charge is -2.21. The average Bonchev–Trinajstić information content (AvgIpc) is 3.41. The number of carboxylic acid groups (broad SMARTS) is 1. The van der Waals surface area contributed by atoms with Gasteiger partial charge in [0.1, 0.15) is 0 Å². The molecule has 4 aromatic rings. The molecule has 2 aromatic heterocycles. The van der Waals surface area contributed by atoms with Gasteiger partial charge in [0, 0.05) is 30.7 Å². The summed E-state index contributed by atoms with van der Waals surface area (Å²) in [7, 11) is 2.01. The molecule has 2 heterocycles. The van der Waals surface area contributed by atoms with Gasteiger partial charge in [-0.2, -0.15) is 5.10 Å². The molecule has 0 amide bonds. The Labute approximate surface area is 184 Å². The van der Waals surface area contributed by atoms with E-state index in [1.54, 1.807) is 0 Å². The molecule has 2 N–H and O–H groups in total. The van der Waals surface area contributed by atoms with Crippen LogP contribution in [0.4, 0.5) is 11.4 Å². The number of aromatic carboxylic acids is 1. The minimum absolute atomic E-state index is 0.0381. The van der Waals surface area contributed by atoms with Gasteiger partial charge in [-0.15, -0.1) is 0 Å². The molecule has 7 nitrogen and oxygen atoms in total. The van der Waals surface area contributed by atoms with E-state index < -0.39 is 5.97 Å². The lowest BCUT2D eigenvalue weighted by molar-refractivity contribution is 0.0695. The summed E-state index contributed by atoms with van der Waals surface area (Å²) in [6.45, 7) is 0.318. The van der Waals surface area contributed by atoms with Gasteiger partial charge in [0.25, 0.3) is 0 Å². The van der Waals surface area contributed by atoms with Gasteiger partial charge in [-0.3, -0.25) is 9.67 Å². The van der Waals surface area contributed by atoms with Crippen molar-refractivity contribution >= 4 is 39.9 Å². The standard InChI is InChI=1S/C25H22N4O3/c1-28(17-6-3-2-4-7-17)22-9-5-8-19-23(27-29(12-13-30)24(19)22)16-14-20-18(25(31)32)10-11-26-21(20)15-16/h2-11,15,30H,12-14H2,1H3,(H,31,32). The number of carboxylic acids is 1. The van der Waals surface area contributed by atoms with Crippen LogP contribution in [0.1, 0.15) is 27.3 Å². The Hall–Kier alpha value is -3.97. The zero-order chi connectivity index (χ0) is 22.2. The normalized spacial score (nSPS) is 12.6. The van der Waals surface area contributed by atoms with Gasteiger partial charge in [-0.1, -0.05) is 30.3 Å². The van der Waals surface area contributed by atoms with Gasteiger partial charge in [-0.05, 0) is 41.5 Å². The van der Waals surface area contributed by atoms with E-state index in [9.17, 15) is 15.0 Å². The summed E-state index contributed by atoms with van der Waals surface area (Å²) in [6.07, 6.45) is 3.90. The van der Waals surface area contributed by atoms with Crippen LogP contribution in [0.25, 0.3) is 22.6 Å². The number of nitrogens with zero attached hydrogens (tertiary/aromatic N) is 4. The SMILES string of the molecule is CN(c1ccccc1)c1cccc2c(C3=Cc4nccc(C(=O)O)c4C3)nn(CCO)c12. The lowest BCUT2D eigenvalue weighted by Crippen LogP contribution is -2.12. The van der Waals surface area contributed by atoms with Gasteiger partial charge >= 0.3 is 5.97 Å². The van der Waals surface area contributed by atoms with E-state index >= 15 is 0 Å². The van der Waals surface area contributed by atoms with Crippen molar-refractivity contribution in [3.63, 3.8) is 0 Å². The van der Waals surface area contributed by atoms with Crippen LogP contribution >= 0.6 is 0 Å². The van der Waals surface area contributed by atoms with Crippen LogP contribution in [0.3, 0.4) is 0 Å². The Morgan fingerprint density at radius 3 is 2.69 bits per heavy atom. The number of hydrogen-bond acceptors (Lipinski definition) is 5. The number of aromatic nitrogens is 3. The summed E-state index contributed by atoms with van der Waals surface area (Å²) in [5, 5.41) is 25.0. The molecule has 2 aromatic carbocycles. The first-order valence-corrected chi connectivity index (χ1v) is 10.4. The summed E-state index contributed by atoms with van der Waals surface area (Å²) in [6, 6.07) is 17.6. The minimum atomic E-state index is -0.958. The maximum absolute atomic E-state index is 11.7. The van der Waals surface area contributed by atoms with Crippen LogP contribution in [-0.4, -0.2) is 44.6 Å². The van der Waals surface area contributed by atoms with Crippen LogP contribution in [0.15, 0.2) is 60.8 Å². The second-order valence-corrected chi connectivity index (χ2v) is 7.74. The van der Waals surface area contributed by atoms with Crippen LogP contribution in [0.5, 0.6) is 0 Å². The molecule has 0 unspecified atom stereocenters. The molecule has 0 aliphatic heterocycles. The fourth-order valence-corrected chi connectivity index (χ4v) is 4.35. The first-order valence-electron chi connectivity index (χ1n) is 10.4. The molecule has 5 rings (SSSR count). The zero-order valence-corrected chi connectivity index (χ0v) is 17.6. The molecule has 0 atom stereocenters. The van der Waals surface area contributed by atoms with E-state index in [1.165, 1.54) is 12.3 Å². The summed E-state index contributed by atoms with van der Waals surface area (Å²) >= 11 is 0. The largest absolute Gasteiger partial charge is 0.478 e. The predicted molar refractivity (Wildman–Crippen MR) is 124 cm³/mol. The highest BCUT2D eigenvalue weighted by atomic mass is 16.4. The number of para-hydroxylation sites is 2. The minimum Gasteiger partial charge on any atom is -0.478 e. The third-order valence-corrected chi connectivity index (χ3v) is 5.87. The number of rotatable bonds is 6. The second-order valence-electron chi connectivity index (χ2n) is 7.74. The topological polar surface area (TPSA) is 91.5 Å². The number of fused-ring (bicyclic) bond motifs is 2. The van der Waals surface area contributed by atoms with Crippen molar-refractivity contribution in [1.82, 2.24) is 14.8 Å². The Bertz CT molecular complexity index is 1360. The Balaban J connectivity index is 1.65. The van der Waals surface area contributed by atoms with Crippen molar-refractivity contribution in [2.75, 3.05) is 18.6 Å². The number of aliphatic hydroxyl groups excluding tert-OH is 1. The molecule has 32 heavy (non-hydrogen) atoms. The second kappa shape index (κ2) is 7.94. The van der Waals surface area contributed by atoms with E-state index in [0.717, 1.165) is 33.5 Å². The van der Waals surface area contributed by atoms with Crippen LogP contribution in [0, 0.1) is 0 Å². The highest BCUT2D eigenvalue weighted by Crippen LogP contribution is 2.38. The van der Waals surface area contributed by atoms with Crippen molar-refractivity contribution in [1.29, 1.82) is 0 Å². The number of anilines is 2. The molecule has 0 bridgehead atoms. The van der Waals surface area contributed by atoms with E-state index in [4.69, 9.17) is 5.10 Å². The average molecular weight is 426 g/mol. The van der Waals surface area contributed by atoms with Gasteiger partial charge in [-0.25, -0.2) is 4.79 Å². The fraction of sp³-hybridized carbons (Fsp3) is 0.160. The molecule has 0 radical (unpaired) electrons. The van der Waals surface area contributed by atoms with Gasteiger partial charge in [0.15, 0.2) is 0 Å². The molecule has 0 saturated heterocycles. The van der Waals surface area contributed by atoms with Crippen LogP contribution in [-0.2, 0) is 13.0 Å². The van der Waals surface area contributed by atoms with Crippen molar-refractivity contribution in [2.24, 2.45) is 0 Å². The number of allylic oxidation sites excluding steroid dienone is 1. The summed E-state index contributed by atoms with van der Waals surface area (Å²) < 4.78 is 1.83. The molecule has 160 valence electrons. The highest BCUT2D eigenvalue weighted by molar-refractivity contribution is 6.04. The third kappa shape index (κ3) is 3.23. The number of pyridine rings is 1. The Morgan fingerprint density at radius 2 is 1.94 bits per heavy atom. The number of aliphatic hydroxyl groups is 1. The molecule has 7 heteroatoms. The first kappa shape index (κ1) is 20.0. The fourth-order valence-electron chi connectivity index (χ4n) is 4.35. The molecule has 1 aliphatic rings. The molecular formula is C25H22N4O3. The summed E-state index contributed by atoms with van der Waals surface area (Å²) in [5.74, 6) is -0.958. The third-order valence-electron chi connectivity index (χ3n) is 5.87. The summed E-state index contributed by atoms with van der Waals surface area (Å²) in [4.78, 5) is 18.1. The molecule has 0 fully saturated rings. The van der Waals surface area contributed by atoms with E-state index in [-0.39, 0.29) is 12.2 Å². The van der Waals surface area contributed by atoms with Crippen molar-refractivity contribution < 1.29 is 15.0 Å². The van der Waals surface area contributed by atoms with Crippen molar-refractivity contribution in [2.45, 2.75) is 13.0 Å². The van der Waals surface area contributed by atoms with Gasteiger partial charge in [0.05, 0.1) is 41.3 Å². The monoisotopic (exact) mass is 426 g/mol. The maximum Gasteiger partial charge on any atom is 0.336 e. The predicted octanol–water partition coefficient (Wildman–Crippen LogP) is 3.99. The molecular weight excluding hydrogens is 404 g/mol. The van der Waals surface area contributed by atoms with Crippen LogP contribution in [0.2, 0.25) is 0 Å². The smallest absolute Gasteiger partial charge is 0.336 e.